The average Bonchev–Trinajstić information content (AvgIpc) is 2.22. The van der Waals surface area contributed by atoms with Gasteiger partial charge in [0.2, 0.25) is 0 Å². The molecule has 2 rings (SSSR count). The topological polar surface area (TPSA) is 35.5 Å². The van der Waals surface area contributed by atoms with E-state index in [-0.39, 0.29) is 11.6 Å². The Hall–Kier alpha value is -1.13. The van der Waals surface area contributed by atoms with Crippen LogP contribution in [0.4, 0.5) is 4.39 Å². The molecular weight excluding hydrogens is 219 g/mol. The maximum absolute atomic E-state index is 13.1. The summed E-state index contributed by atoms with van der Waals surface area (Å²) in [6.45, 7) is 6.70. The lowest BCUT2D eigenvalue weighted by Crippen LogP contribution is -2.53. The molecule has 2 atom stereocenters. The monoisotopic (exact) mass is 238 g/mol. The number of phenolic OH excluding ortho intramolecular Hbond substituents is 1. The summed E-state index contributed by atoms with van der Waals surface area (Å²) < 4.78 is 13.1. The first-order valence-electron chi connectivity index (χ1n) is 6.00. The zero-order valence-corrected chi connectivity index (χ0v) is 10.3. The fourth-order valence-electron chi connectivity index (χ4n) is 2.49. The minimum absolute atomic E-state index is 0.172. The summed E-state index contributed by atoms with van der Waals surface area (Å²) in [5, 5.41) is 13.1. The van der Waals surface area contributed by atoms with Crippen LogP contribution in [0.1, 0.15) is 19.4 Å². The molecule has 1 saturated heterocycles. The fourth-order valence-corrected chi connectivity index (χ4v) is 2.49. The van der Waals surface area contributed by atoms with E-state index in [1.54, 1.807) is 0 Å². The maximum Gasteiger partial charge on any atom is 0.123 e. The first-order chi connectivity index (χ1) is 8.04. The fraction of sp³-hybridized carbons (Fsp3) is 0.538. The first-order valence-corrected chi connectivity index (χ1v) is 6.00. The molecule has 3 nitrogen and oxygen atoms in total. The first kappa shape index (κ1) is 12.3. The molecule has 0 saturated carbocycles. The molecule has 0 amide bonds. The third kappa shape index (κ3) is 3.17. The predicted molar refractivity (Wildman–Crippen MR) is 65.4 cm³/mol. The standard InChI is InChI=1S/C13H19FN2O/c1-9-6-16(7-10(2)15-9)8-11-5-12(14)3-4-13(11)17/h3-5,9-10,15,17H,6-8H2,1-2H3. The van der Waals surface area contributed by atoms with E-state index in [0.717, 1.165) is 13.1 Å². The van der Waals surface area contributed by atoms with Crippen molar-refractivity contribution < 1.29 is 9.50 Å². The Morgan fingerprint density at radius 1 is 1.35 bits per heavy atom. The van der Waals surface area contributed by atoms with Crippen molar-refractivity contribution in [2.24, 2.45) is 0 Å². The molecule has 1 aliphatic rings. The van der Waals surface area contributed by atoms with E-state index in [4.69, 9.17) is 0 Å². The van der Waals surface area contributed by atoms with Crippen molar-refractivity contribution in [3.05, 3.63) is 29.6 Å². The number of rotatable bonds is 2. The third-order valence-corrected chi connectivity index (χ3v) is 3.07. The molecule has 17 heavy (non-hydrogen) atoms. The summed E-state index contributed by atoms with van der Waals surface area (Å²) in [5.74, 6) is -0.126. The van der Waals surface area contributed by atoms with Gasteiger partial charge in [0.05, 0.1) is 0 Å². The molecule has 1 aromatic rings. The van der Waals surface area contributed by atoms with Gasteiger partial charge in [0, 0.05) is 37.3 Å². The van der Waals surface area contributed by atoms with E-state index in [9.17, 15) is 9.50 Å². The smallest absolute Gasteiger partial charge is 0.123 e. The van der Waals surface area contributed by atoms with Crippen LogP contribution in [0.2, 0.25) is 0 Å². The average molecular weight is 238 g/mol. The van der Waals surface area contributed by atoms with Crippen molar-refractivity contribution in [1.82, 2.24) is 10.2 Å². The largest absolute Gasteiger partial charge is 0.508 e. The molecule has 4 heteroatoms. The van der Waals surface area contributed by atoms with E-state index in [1.807, 2.05) is 0 Å². The highest BCUT2D eigenvalue weighted by molar-refractivity contribution is 5.32. The minimum atomic E-state index is -0.297. The van der Waals surface area contributed by atoms with Crippen LogP contribution in [-0.2, 0) is 6.54 Å². The molecule has 1 heterocycles. The van der Waals surface area contributed by atoms with E-state index in [2.05, 4.69) is 24.1 Å². The lowest BCUT2D eigenvalue weighted by Gasteiger charge is -2.36. The second-order valence-electron chi connectivity index (χ2n) is 4.94. The lowest BCUT2D eigenvalue weighted by atomic mass is 10.1. The third-order valence-electron chi connectivity index (χ3n) is 3.07. The zero-order chi connectivity index (χ0) is 12.4. The number of halogens is 1. The van der Waals surface area contributed by atoms with Gasteiger partial charge in [0.25, 0.3) is 0 Å². The zero-order valence-electron chi connectivity index (χ0n) is 10.3. The molecule has 0 radical (unpaired) electrons. The quantitative estimate of drug-likeness (QED) is 0.823. The maximum atomic E-state index is 13.1. The number of phenols is 1. The van der Waals surface area contributed by atoms with Crippen LogP contribution in [0.15, 0.2) is 18.2 Å². The molecule has 1 fully saturated rings. The highest BCUT2D eigenvalue weighted by atomic mass is 19.1. The summed E-state index contributed by atoms with van der Waals surface area (Å²) in [7, 11) is 0. The van der Waals surface area contributed by atoms with E-state index in [1.165, 1.54) is 18.2 Å². The van der Waals surface area contributed by atoms with Crippen LogP contribution in [-0.4, -0.2) is 35.2 Å². The molecule has 2 N–H and O–H groups in total. The number of aromatic hydroxyl groups is 1. The van der Waals surface area contributed by atoms with Crippen molar-refractivity contribution in [3.63, 3.8) is 0 Å². The second kappa shape index (κ2) is 5.02. The number of benzene rings is 1. The van der Waals surface area contributed by atoms with Gasteiger partial charge in [0.1, 0.15) is 11.6 Å². The molecule has 2 unspecified atom stereocenters. The Morgan fingerprint density at radius 3 is 2.65 bits per heavy atom. The van der Waals surface area contributed by atoms with Gasteiger partial charge in [0.15, 0.2) is 0 Å². The molecule has 1 aromatic carbocycles. The van der Waals surface area contributed by atoms with Crippen LogP contribution in [0.3, 0.4) is 0 Å². The highest BCUT2D eigenvalue weighted by Crippen LogP contribution is 2.20. The molecule has 1 aliphatic heterocycles. The summed E-state index contributed by atoms with van der Waals surface area (Å²) >= 11 is 0. The predicted octanol–water partition coefficient (Wildman–Crippen LogP) is 1.71. The molecule has 0 aromatic heterocycles. The van der Waals surface area contributed by atoms with Crippen LogP contribution in [0.25, 0.3) is 0 Å². The van der Waals surface area contributed by atoms with Gasteiger partial charge in [-0.2, -0.15) is 0 Å². The van der Waals surface area contributed by atoms with Crippen LogP contribution >= 0.6 is 0 Å². The molecule has 94 valence electrons. The minimum Gasteiger partial charge on any atom is -0.508 e. The molecule has 0 aliphatic carbocycles. The molecule has 0 spiro atoms. The summed E-state index contributed by atoms with van der Waals surface area (Å²) in [4.78, 5) is 2.24. The van der Waals surface area contributed by atoms with Crippen molar-refractivity contribution in [2.75, 3.05) is 13.1 Å². The van der Waals surface area contributed by atoms with E-state index < -0.39 is 0 Å². The highest BCUT2D eigenvalue weighted by Gasteiger charge is 2.21. The Balaban J connectivity index is 2.07. The summed E-state index contributed by atoms with van der Waals surface area (Å²) in [6.07, 6.45) is 0. The number of hydrogen-bond acceptors (Lipinski definition) is 3. The Morgan fingerprint density at radius 2 is 2.00 bits per heavy atom. The van der Waals surface area contributed by atoms with Gasteiger partial charge in [-0.15, -0.1) is 0 Å². The van der Waals surface area contributed by atoms with Crippen molar-refractivity contribution in [3.8, 4) is 5.75 Å². The van der Waals surface area contributed by atoms with Gasteiger partial charge < -0.3 is 10.4 Å². The van der Waals surface area contributed by atoms with Crippen LogP contribution in [0.5, 0.6) is 5.75 Å². The van der Waals surface area contributed by atoms with Crippen molar-refractivity contribution in [1.29, 1.82) is 0 Å². The normalized spacial score (nSPS) is 26.1. The second-order valence-corrected chi connectivity index (χ2v) is 4.94. The van der Waals surface area contributed by atoms with E-state index in [0.29, 0.717) is 24.2 Å². The Bertz CT molecular complexity index is 387. The number of nitrogens with one attached hydrogen (secondary N) is 1. The summed E-state index contributed by atoms with van der Waals surface area (Å²) in [6, 6.07) is 4.96. The Kier molecular flexibility index (Phi) is 3.64. The van der Waals surface area contributed by atoms with E-state index >= 15 is 0 Å². The lowest BCUT2D eigenvalue weighted by molar-refractivity contribution is 0.165. The number of nitrogens with zero attached hydrogens (tertiary/aromatic N) is 1. The SMILES string of the molecule is CC1CN(Cc2cc(F)ccc2O)CC(C)N1. The summed E-state index contributed by atoms with van der Waals surface area (Å²) in [5.41, 5.74) is 0.659. The van der Waals surface area contributed by atoms with Crippen LogP contribution in [0, 0.1) is 5.82 Å². The van der Waals surface area contributed by atoms with Gasteiger partial charge in [-0.25, -0.2) is 4.39 Å². The number of hydrogen-bond donors (Lipinski definition) is 2. The molecule has 0 bridgehead atoms. The number of piperazine rings is 1. The van der Waals surface area contributed by atoms with Gasteiger partial charge in [-0.3, -0.25) is 4.90 Å². The van der Waals surface area contributed by atoms with Gasteiger partial charge in [-0.05, 0) is 32.0 Å². The van der Waals surface area contributed by atoms with Gasteiger partial charge in [-0.1, -0.05) is 0 Å². The van der Waals surface area contributed by atoms with Crippen molar-refractivity contribution in [2.45, 2.75) is 32.5 Å². The van der Waals surface area contributed by atoms with Crippen LogP contribution < -0.4 is 5.32 Å². The Labute approximate surface area is 101 Å². The van der Waals surface area contributed by atoms with Crippen molar-refractivity contribution >= 4 is 0 Å². The molecular formula is C13H19FN2O. The van der Waals surface area contributed by atoms with Gasteiger partial charge >= 0.3 is 0 Å².